The van der Waals surface area contributed by atoms with E-state index in [1.165, 1.54) is 25.3 Å². The van der Waals surface area contributed by atoms with Crippen LogP contribution < -0.4 is 10.1 Å². The van der Waals surface area contributed by atoms with Crippen LogP contribution in [0, 0.1) is 0 Å². The van der Waals surface area contributed by atoms with Crippen LogP contribution in [0.1, 0.15) is 29.8 Å². The molecule has 0 aliphatic heterocycles. The van der Waals surface area contributed by atoms with Gasteiger partial charge < -0.3 is 14.8 Å². The maximum absolute atomic E-state index is 12.5. The Bertz CT molecular complexity index is 807. The molecule has 1 atom stereocenters. The number of anilines is 1. The first-order valence-electron chi connectivity index (χ1n) is 7.99. The minimum absolute atomic E-state index is 0.0635. The van der Waals surface area contributed by atoms with E-state index in [2.05, 4.69) is 10.3 Å². The van der Waals surface area contributed by atoms with Crippen molar-refractivity contribution < 1.29 is 32.2 Å². The van der Waals surface area contributed by atoms with Gasteiger partial charge in [0.25, 0.3) is 5.91 Å². The van der Waals surface area contributed by atoms with Crippen molar-refractivity contribution >= 4 is 17.6 Å². The molecule has 1 N–H and O–H groups in total. The number of hydrogen-bond donors (Lipinski definition) is 1. The van der Waals surface area contributed by atoms with Crippen LogP contribution in [0.2, 0.25) is 0 Å². The lowest BCUT2D eigenvalue weighted by atomic mass is 10.2. The quantitative estimate of drug-likeness (QED) is 0.771. The number of rotatable bonds is 6. The molecule has 144 valence electrons. The Kier molecular flexibility index (Phi) is 6.38. The first-order valence-corrected chi connectivity index (χ1v) is 7.99. The first kappa shape index (κ1) is 20.2. The van der Waals surface area contributed by atoms with Crippen LogP contribution >= 0.6 is 0 Å². The number of benzene rings is 1. The zero-order valence-corrected chi connectivity index (χ0v) is 14.5. The number of amides is 1. The monoisotopic (exact) mass is 382 g/mol. The third kappa shape index (κ3) is 5.44. The lowest BCUT2D eigenvalue weighted by molar-refractivity contribution is -0.137. The van der Waals surface area contributed by atoms with E-state index in [1.807, 2.05) is 0 Å². The molecule has 6 nitrogen and oxygen atoms in total. The number of nitrogens with zero attached hydrogens (tertiary/aromatic N) is 1. The molecule has 1 unspecified atom stereocenters. The Morgan fingerprint density at radius 1 is 1.19 bits per heavy atom. The SMILES string of the molecule is CCOc1ncccc1C(=O)OC(C)C(=O)Nc1ccc(C(F)(F)F)cc1. The van der Waals surface area contributed by atoms with Gasteiger partial charge in [-0.1, -0.05) is 0 Å². The summed E-state index contributed by atoms with van der Waals surface area (Å²) >= 11 is 0. The Morgan fingerprint density at radius 3 is 2.44 bits per heavy atom. The molecule has 0 bridgehead atoms. The van der Waals surface area contributed by atoms with Crippen molar-refractivity contribution in [3.05, 3.63) is 53.7 Å². The fourth-order valence-corrected chi connectivity index (χ4v) is 2.06. The van der Waals surface area contributed by atoms with Crippen LogP contribution in [0.4, 0.5) is 18.9 Å². The number of aromatic nitrogens is 1. The number of carbonyl (C=O) groups excluding carboxylic acids is 2. The van der Waals surface area contributed by atoms with Crippen LogP contribution in [0.15, 0.2) is 42.6 Å². The minimum Gasteiger partial charge on any atom is -0.477 e. The van der Waals surface area contributed by atoms with E-state index in [9.17, 15) is 22.8 Å². The van der Waals surface area contributed by atoms with Crippen LogP contribution in [-0.4, -0.2) is 29.6 Å². The number of carbonyl (C=O) groups is 2. The Balaban J connectivity index is 2.00. The molecule has 0 fully saturated rings. The summed E-state index contributed by atoms with van der Waals surface area (Å²) in [7, 11) is 0. The van der Waals surface area contributed by atoms with Crippen molar-refractivity contribution in [2.75, 3.05) is 11.9 Å². The summed E-state index contributed by atoms with van der Waals surface area (Å²) < 4.78 is 47.9. The number of hydrogen-bond acceptors (Lipinski definition) is 5. The molecule has 0 saturated heterocycles. The third-order valence-electron chi connectivity index (χ3n) is 3.40. The van der Waals surface area contributed by atoms with E-state index in [1.54, 1.807) is 6.92 Å². The van der Waals surface area contributed by atoms with Gasteiger partial charge in [0, 0.05) is 11.9 Å². The van der Waals surface area contributed by atoms with E-state index in [0.29, 0.717) is 6.61 Å². The lowest BCUT2D eigenvalue weighted by Gasteiger charge is -2.15. The van der Waals surface area contributed by atoms with Gasteiger partial charge in [-0.05, 0) is 50.2 Å². The second kappa shape index (κ2) is 8.52. The number of pyridine rings is 1. The predicted octanol–water partition coefficient (Wildman–Crippen LogP) is 3.68. The molecule has 0 spiro atoms. The summed E-state index contributed by atoms with van der Waals surface area (Å²) in [6.07, 6.45) is -4.20. The number of halogens is 3. The van der Waals surface area contributed by atoms with Crippen molar-refractivity contribution in [2.24, 2.45) is 0 Å². The second-order valence-electron chi connectivity index (χ2n) is 5.40. The summed E-state index contributed by atoms with van der Waals surface area (Å²) in [4.78, 5) is 28.3. The second-order valence-corrected chi connectivity index (χ2v) is 5.40. The molecule has 1 heterocycles. The first-order chi connectivity index (χ1) is 12.7. The molecule has 27 heavy (non-hydrogen) atoms. The largest absolute Gasteiger partial charge is 0.477 e. The lowest BCUT2D eigenvalue weighted by Crippen LogP contribution is -2.30. The molecule has 0 saturated carbocycles. The van der Waals surface area contributed by atoms with Gasteiger partial charge in [-0.3, -0.25) is 4.79 Å². The van der Waals surface area contributed by atoms with Gasteiger partial charge in [0.05, 0.1) is 12.2 Å². The third-order valence-corrected chi connectivity index (χ3v) is 3.40. The van der Waals surface area contributed by atoms with Crippen LogP contribution in [0.25, 0.3) is 0 Å². The van der Waals surface area contributed by atoms with E-state index in [4.69, 9.17) is 9.47 Å². The van der Waals surface area contributed by atoms with Gasteiger partial charge in [-0.15, -0.1) is 0 Å². The fraction of sp³-hybridized carbons (Fsp3) is 0.278. The van der Waals surface area contributed by atoms with Gasteiger partial charge in [0.15, 0.2) is 6.10 Å². The van der Waals surface area contributed by atoms with E-state index >= 15 is 0 Å². The molecule has 0 aliphatic rings. The number of esters is 1. The summed E-state index contributed by atoms with van der Waals surface area (Å²) in [5.74, 6) is -1.41. The summed E-state index contributed by atoms with van der Waals surface area (Å²) in [5.41, 5.74) is -0.624. The zero-order valence-electron chi connectivity index (χ0n) is 14.5. The van der Waals surface area contributed by atoms with Crippen LogP contribution in [0.5, 0.6) is 5.88 Å². The molecule has 0 aliphatic carbocycles. The Hall–Kier alpha value is -3.10. The van der Waals surface area contributed by atoms with Crippen LogP contribution in [0.3, 0.4) is 0 Å². The normalized spacial score (nSPS) is 12.2. The summed E-state index contributed by atoms with van der Waals surface area (Å²) in [6, 6.07) is 6.88. The van der Waals surface area contributed by atoms with Gasteiger partial charge in [0.2, 0.25) is 5.88 Å². The molecule has 1 amide bonds. The Morgan fingerprint density at radius 2 is 1.85 bits per heavy atom. The smallest absolute Gasteiger partial charge is 0.416 e. The molecule has 1 aromatic heterocycles. The van der Waals surface area contributed by atoms with Gasteiger partial charge >= 0.3 is 12.1 Å². The minimum atomic E-state index is -4.46. The standard InChI is InChI=1S/C18H17F3N2O4/c1-3-26-16-14(5-4-10-22-16)17(25)27-11(2)15(24)23-13-8-6-12(7-9-13)18(19,20)21/h4-11H,3H2,1-2H3,(H,23,24). The molecular formula is C18H17F3N2O4. The van der Waals surface area contributed by atoms with Gasteiger partial charge in [-0.2, -0.15) is 13.2 Å². The topological polar surface area (TPSA) is 77.5 Å². The molecule has 1 aromatic carbocycles. The number of ether oxygens (including phenoxy) is 2. The molecule has 2 aromatic rings. The van der Waals surface area contributed by atoms with Crippen molar-refractivity contribution in [2.45, 2.75) is 26.1 Å². The fourth-order valence-electron chi connectivity index (χ4n) is 2.06. The highest BCUT2D eigenvalue weighted by Gasteiger charge is 2.30. The number of alkyl halides is 3. The molecule has 2 rings (SSSR count). The van der Waals surface area contributed by atoms with E-state index in [0.717, 1.165) is 24.3 Å². The molecule has 0 radical (unpaired) electrons. The van der Waals surface area contributed by atoms with Crippen molar-refractivity contribution in [1.82, 2.24) is 4.98 Å². The van der Waals surface area contributed by atoms with Crippen molar-refractivity contribution in [3.8, 4) is 5.88 Å². The molecule has 9 heteroatoms. The van der Waals surface area contributed by atoms with Crippen molar-refractivity contribution in [3.63, 3.8) is 0 Å². The van der Waals surface area contributed by atoms with E-state index < -0.39 is 29.7 Å². The molecular weight excluding hydrogens is 365 g/mol. The Labute approximate surface area is 153 Å². The highest BCUT2D eigenvalue weighted by molar-refractivity contribution is 5.98. The average Bonchev–Trinajstić information content (AvgIpc) is 2.62. The maximum Gasteiger partial charge on any atom is 0.416 e. The predicted molar refractivity (Wildman–Crippen MR) is 90.4 cm³/mol. The van der Waals surface area contributed by atoms with E-state index in [-0.39, 0.29) is 17.1 Å². The van der Waals surface area contributed by atoms with Crippen molar-refractivity contribution in [1.29, 1.82) is 0 Å². The summed E-state index contributed by atoms with van der Waals surface area (Å²) in [5, 5.41) is 2.39. The number of nitrogens with one attached hydrogen (secondary N) is 1. The highest BCUT2D eigenvalue weighted by atomic mass is 19.4. The van der Waals surface area contributed by atoms with Crippen LogP contribution in [-0.2, 0) is 15.7 Å². The highest BCUT2D eigenvalue weighted by Crippen LogP contribution is 2.29. The maximum atomic E-state index is 12.5. The van der Waals surface area contributed by atoms with Gasteiger partial charge in [-0.25, -0.2) is 9.78 Å². The summed E-state index contributed by atoms with van der Waals surface area (Å²) in [6.45, 7) is 3.36. The van der Waals surface area contributed by atoms with Gasteiger partial charge in [0.1, 0.15) is 5.56 Å². The average molecular weight is 382 g/mol. The zero-order chi connectivity index (χ0) is 20.0.